The normalized spacial score (nSPS) is 18.8. The monoisotopic (exact) mass is 256 g/mol. The van der Waals surface area contributed by atoms with E-state index < -0.39 is 0 Å². The van der Waals surface area contributed by atoms with Crippen molar-refractivity contribution in [2.45, 2.75) is 18.9 Å². The number of hydrogen-bond donors (Lipinski definition) is 1. The van der Waals surface area contributed by atoms with Gasteiger partial charge in [0.25, 0.3) is 0 Å². The lowest BCUT2D eigenvalue weighted by Crippen LogP contribution is -2.32. The molecule has 0 aliphatic carbocycles. The van der Waals surface area contributed by atoms with Crippen molar-refractivity contribution in [3.63, 3.8) is 0 Å². The molecule has 0 amide bonds. The molecule has 98 valence electrons. The summed E-state index contributed by atoms with van der Waals surface area (Å²) in [7, 11) is 0. The molecule has 0 saturated carbocycles. The second kappa shape index (κ2) is 5.32. The number of nitrogens with zero attached hydrogens (tertiary/aromatic N) is 4. The Hall–Kier alpha value is -2.01. The number of aliphatic hydroxyl groups is 1. The van der Waals surface area contributed by atoms with E-state index in [0.29, 0.717) is 0 Å². The average molecular weight is 256 g/mol. The van der Waals surface area contributed by atoms with Gasteiger partial charge < -0.3 is 10.0 Å². The number of aromatic nitrogens is 3. The third-order valence-corrected chi connectivity index (χ3v) is 3.49. The van der Waals surface area contributed by atoms with Gasteiger partial charge in [-0.1, -0.05) is 0 Å². The minimum atomic E-state index is 0.173. The van der Waals surface area contributed by atoms with E-state index in [1.54, 1.807) is 12.4 Å². The van der Waals surface area contributed by atoms with Crippen LogP contribution in [0.5, 0.6) is 0 Å². The van der Waals surface area contributed by atoms with E-state index in [1.165, 1.54) is 0 Å². The molecule has 3 heterocycles. The third-order valence-electron chi connectivity index (χ3n) is 3.49. The predicted molar refractivity (Wildman–Crippen MR) is 72.7 cm³/mol. The van der Waals surface area contributed by atoms with Gasteiger partial charge in [0.15, 0.2) is 5.82 Å². The van der Waals surface area contributed by atoms with Crippen LogP contribution in [0.25, 0.3) is 11.3 Å². The molecule has 19 heavy (non-hydrogen) atoms. The van der Waals surface area contributed by atoms with Crippen molar-refractivity contribution in [2.24, 2.45) is 0 Å². The smallest absolute Gasteiger partial charge is 0.151 e. The van der Waals surface area contributed by atoms with Crippen LogP contribution in [0.1, 0.15) is 12.8 Å². The Morgan fingerprint density at radius 1 is 1.26 bits per heavy atom. The van der Waals surface area contributed by atoms with Crippen molar-refractivity contribution < 1.29 is 5.11 Å². The lowest BCUT2D eigenvalue weighted by molar-refractivity contribution is 0.266. The molecule has 1 fully saturated rings. The molecule has 5 nitrogen and oxygen atoms in total. The van der Waals surface area contributed by atoms with E-state index in [0.717, 1.165) is 36.5 Å². The summed E-state index contributed by atoms with van der Waals surface area (Å²) in [6.45, 7) is 1.11. The zero-order chi connectivity index (χ0) is 13.1. The molecule has 3 rings (SSSR count). The molecule has 0 radical (unpaired) electrons. The highest BCUT2D eigenvalue weighted by Gasteiger charge is 2.25. The Morgan fingerprint density at radius 2 is 2.21 bits per heavy atom. The fraction of sp³-hybridized carbons (Fsp3) is 0.357. The Bertz CT molecular complexity index is 529. The number of rotatable bonds is 3. The standard InChI is InChI=1S/C14H16N4O/c19-10-12-4-2-8-18(12)14-6-5-13(16-17-14)11-3-1-7-15-9-11/h1,3,5-7,9,12,19H,2,4,8,10H2. The lowest BCUT2D eigenvalue weighted by Gasteiger charge is -2.23. The molecule has 1 aliphatic heterocycles. The van der Waals surface area contributed by atoms with Gasteiger partial charge in [-0.05, 0) is 37.1 Å². The average Bonchev–Trinajstić information content (AvgIpc) is 2.97. The van der Waals surface area contributed by atoms with Gasteiger partial charge in [-0.15, -0.1) is 10.2 Å². The summed E-state index contributed by atoms with van der Waals surface area (Å²) < 4.78 is 0. The van der Waals surface area contributed by atoms with Crippen molar-refractivity contribution in [3.05, 3.63) is 36.7 Å². The fourth-order valence-electron chi connectivity index (χ4n) is 2.47. The third kappa shape index (κ3) is 2.42. The summed E-state index contributed by atoms with van der Waals surface area (Å²) in [4.78, 5) is 6.20. The minimum absolute atomic E-state index is 0.173. The van der Waals surface area contributed by atoms with Gasteiger partial charge in [-0.25, -0.2) is 0 Å². The van der Waals surface area contributed by atoms with E-state index in [1.807, 2.05) is 24.3 Å². The van der Waals surface area contributed by atoms with Gasteiger partial charge in [-0.2, -0.15) is 0 Å². The second-order valence-electron chi connectivity index (χ2n) is 4.69. The summed E-state index contributed by atoms with van der Waals surface area (Å²) in [6.07, 6.45) is 5.62. The molecular weight excluding hydrogens is 240 g/mol. The highest BCUT2D eigenvalue weighted by atomic mass is 16.3. The van der Waals surface area contributed by atoms with E-state index in [4.69, 9.17) is 0 Å². The molecular formula is C14H16N4O. The largest absolute Gasteiger partial charge is 0.394 e. The summed E-state index contributed by atoms with van der Waals surface area (Å²) in [5.74, 6) is 0.837. The quantitative estimate of drug-likeness (QED) is 0.901. The second-order valence-corrected chi connectivity index (χ2v) is 4.69. The summed E-state index contributed by atoms with van der Waals surface area (Å²) in [6, 6.07) is 7.93. The van der Waals surface area contributed by atoms with Crippen molar-refractivity contribution in [1.29, 1.82) is 0 Å². The van der Waals surface area contributed by atoms with Gasteiger partial charge in [-0.3, -0.25) is 4.98 Å². The van der Waals surface area contributed by atoms with Crippen LogP contribution in [0.4, 0.5) is 5.82 Å². The summed E-state index contributed by atoms with van der Waals surface area (Å²) in [5, 5.41) is 17.9. The van der Waals surface area contributed by atoms with E-state index >= 15 is 0 Å². The lowest BCUT2D eigenvalue weighted by atomic mass is 10.2. The predicted octanol–water partition coefficient (Wildman–Crippen LogP) is 1.50. The molecule has 1 atom stereocenters. The van der Waals surface area contributed by atoms with Crippen LogP contribution in [-0.2, 0) is 0 Å². The summed E-state index contributed by atoms with van der Waals surface area (Å²) >= 11 is 0. The van der Waals surface area contributed by atoms with Crippen LogP contribution < -0.4 is 4.90 Å². The van der Waals surface area contributed by atoms with Crippen molar-refractivity contribution >= 4 is 5.82 Å². The van der Waals surface area contributed by atoms with Crippen LogP contribution in [0, 0.1) is 0 Å². The first-order chi connectivity index (χ1) is 9.38. The van der Waals surface area contributed by atoms with Crippen LogP contribution in [0.2, 0.25) is 0 Å². The summed E-state index contributed by atoms with van der Waals surface area (Å²) in [5.41, 5.74) is 1.78. The van der Waals surface area contributed by atoms with Crippen LogP contribution in [-0.4, -0.2) is 39.5 Å². The van der Waals surface area contributed by atoms with Crippen LogP contribution in [0.3, 0.4) is 0 Å². The number of anilines is 1. The molecule has 0 spiro atoms. The molecule has 1 N–H and O–H groups in total. The molecule has 2 aromatic heterocycles. The minimum Gasteiger partial charge on any atom is -0.394 e. The number of aliphatic hydroxyl groups excluding tert-OH is 1. The first kappa shape index (κ1) is 12.0. The maximum Gasteiger partial charge on any atom is 0.151 e. The highest BCUT2D eigenvalue weighted by molar-refractivity contribution is 5.58. The van der Waals surface area contributed by atoms with Crippen LogP contribution in [0.15, 0.2) is 36.7 Å². The molecule has 1 unspecified atom stereocenters. The van der Waals surface area contributed by atoms with Gasteiger partial charge in [0.1, 0.15) is 0 Å². The molecule has 0 aromatic carbocycles. The van der Waals surface area contributed by atoms with Gasteiger partial charge >= 0.3 is 0 Å². The van der Waals surface area contributed by atoms with Crippen molar-refractivity contribution in [2.75, 3.05) is 18.1 Å². The SMILES string of the molecule is OCC1CCCN1c1ccc(-c2cccnc2)nn1. The highest BCUT2D eigenvalue weighted by Crippen LogP contribution is 2.24. The molecule has 2 aromatic rings. The Kier molecular flexibility index (Phi) is 3.37. The van der Waals surface area contributed by atoms with Gasteiger partial charge in [0.2, 0.25) is 0 Å². The van der Waals surface area contributed by atoms with Crippen LogP contribution >= 0.6 is 0 Å². The van der Waals surface area contributed by atoms with Crippen molar-refractivity contribution in [3.8, 4) is 11.3 Å². The van der Waals surface area contributed by atoms with E-state index in [9.17, 15) is 5.11 Å². The maximum absolute atomic E-state index is 9.33. The topological polar surface area (TPSA) is 62.1 Å². The zero-order valence-corrected chi connectivity index (χ0v) is 10.6. The van der Waals surface area contributed by atoms with E-state index in [-0.39, 0.29) is 12.6 Å². The number of hydrogen-bond acceptors (Lipinski definition) is 5. The molecule has 1 aliphatic rings. The Morgan fingerprint density at radius 3 is 2.89 bits per heavy atom. The fourth-order valence-corrected chi connectivity index (χ4v) is 2.47. The maximum atomic E-state index is 9.33. The molecule has 1 saturated heterocycles. The van der Waals surface area contributed by atoms with Gasteiger partial charge in [0, 0.05) is 24.5 Å². The first-order valence-corrected chi connectivity index (χ1v) is 6.50. The number of pyridine rings is 1. The van der Waals surface area contributed by atoms with E-state index in [2.05, 4.69) is 20.1 Å². The zero-order valence-electron chi connectivity index (χ0n) is 10.6. The Labute approximate surface area is 111 Å². The first-order valence-electron chi connectivity index (χ1n) is 6.50. The molecule has 5 heteroatoms. The Balaban J connectivity index is 1.83. The molecule has 0 bridgehead atoms. The van der Waals surface area contributed by atoms with Crippen molar-refractivity contribution in [1.82, 2.24) is 15.2 Å². The van der Waals surface area contributed by atoms with Gasteiger partial charge in [0.05, 0.1) is 18.3 Å².